The quantitative estimate of drug-likeness (QED) is 0.747. The van der Waals surface area contributed by atoms with Gasteiger partial charge in [-0.3, -0.25) is 0 Å². The van der Waals surface area contributed by atoms with Crippen molar-refractivity contribution in [1.82, 2.24) is 0 Å². The number of aromatic hydroxyl groups is 2. The van der Waals surface area contributed by atoms with E-state index in [0.717, 1.165) is 12.8 Å². The molecule has 0 saturated carbocycles. The fourth-order valence-electron chi connectivity index (χ4n) is 2.13. The second-order valence-electron chi connectivity index (χ2n) is 5.81. The summed E-state index contributed by atoms with van der Waals surface area (Å²) in [6.07, 6.45) is 2.23. The molecule has 2 nitrogen and oxygen atoms in total. The molecule has 2 aromatic carbocycles. The Bertz CT molecular complexity index is 512. The zero-order chi connectivity index (χ0) is 16.5. The summed E-state index contributed by atoms with van der Waals surface area (Å²) >= 11 is 0. The maximum absolute atomic E-state index is 9.16. The number of hydrogen-bond acceptors (Lipinski definition) is 2. The lowest BCUT2D eigenvalue weighted by molar-refractivity contribution is 0.473. The monoisotopic (exact) mass is 300 g/mol. The van der Waals surface area contributed by atoms with E-state index in [-0.39, 0.29) is 0 Å². The molecule has 2 N–H and O–H groups in total. The van der Waals surface area contributed by atoms with Gasteiger partial charge in [0.2, 0.25) is 0 Å². The van der Waals surface area contributed by atoms with Gasteiger partial charge in [0.15, 0.2) is 0 Å². The molecular formula is C20H28O2. The molecule has 0 spiro atoms. The van der Waals surface area contributed by atoms with Gasteiger partial charge in [-0.2, -0.15) is 0 Å². The van der Waals surface area contributed by atoms with Crippen LogP contribution in [-0.2, 0) is 0 Å². The highest BCUT2D eigenvalue weighted by molar-refractivity contribution is 5.29. The van der Waals surface area contributed by atoms with Crippen molar-refractivity contribution in [2.45, 2.75) is 52.4 Å². The van der Waals surface area contributed by atoms with Crippen LogP contribution in [-0.4, -0.2) is 10.2 Å². The van der Waals surface area contributed by atoms with Crippen LogP contribution in [0.5, 0.6) is 11.5 Å². The van der Waals surface area contributed by atoms with E-state index in [2.05, 4.69) is 27.7 Å². The van der Waals surface area contributed by atoms with Gasteiger partial charge in [-0.25, -0.2) is 0 Å². The topological polar surface area (TPSA) is 40.5 Å². The molecule has 0 aromatic heterocycles. The highest BCUT2D eigenvalue weighted by Crippen LogP contribution is 2.22. The zero-order valence-corrected chi connectivity index (χ0v) is 14.1. The Morgan fingerprint density at radius 3 is 1.36 bits per heavy atom. The van der Waals surface area contributed by atoms with Crippen molar-refractivity contribution in [3.05, 3.63) is 59.7 Å². The normalized spacial score (nSPS) is 12.9. The molecule has 0 aliphatic rings. The van der Waals surface area contributed by atoms with E-state index >= 15 is 0 Å². The molecule has 0 aliphatic heterocycles. The largest absolute Gasteiger partial charge is 0.508 e. The van der Waals surface area contributed by atoms with Crippen LogP contribution in [0.25, 0.3) is 0 Å². The second kappa shape index (κ2) is 9.14. The van der Waals surface area contributed by atoms with Gasteiger partial charge >= 0.3 is 0 Å². The van der Waals surface area contributed by atoms with Crippen molar-refractivity contribution >= 4 is 0 Å². The molecule has 2 aromatic rings. The summed E-state index contributed by atoms with van der Waals surface area (Å²) in [5.41, 5.74) is 2.43. The molecule has 0 heterocycles. The molecule has 0 saturated heterocycles. The van der Waals surface area contributed by atoms with Gasteiger partial charge in [0.05, 0.1) is 0 Å². The van der Waals surface area contributed by atoms with Crippen LogP contribution in [0.15, 0.2) is 48.5 Å². The van der Waals surface area contributed by atoms with E-state index < -0.39 is 0 Å². The average Bonchev–Trinajstić information content (AvgIpc) is 2.54. The summed E-state index contributed by atoms with van der Waals surface area (Å²) in [4.78, 5) is 0. The van der Waals surface area contributed by atoms with Crippen LogP contribution in [0.4, 0.5) is 0 Å². The second-order valence-corrected chi connectivity index (χ2v) is 5.81. The van der Waals surface area contributed by atoms with E-state index in [1.165, 1.54) is 11.1 Å². The predicted octanol–water partition coefficient (Wildman–Crippen LogP) is 5.81. The van der Waals surface area contributed by atoms with Crippen LogP contribution in [0.3, 0.4) is 0 Å². The van der Waals surface area contributed by atoms with Crippen LogP contribution in [0.1, 0.15) is 63.5 Å². The number of phenols is 2. The van der Waals surface area contributed by atoms with Gasteiger partial charge in [-0.05, 0) is 60.1 Å². The minimum atomic E-state index is 0.364. The lowest BCUT2D eigenvalue weighted by atomic mass is 9.99. The summed E-state index contributed by atoms with van der Waals surface area (Å²) in [5, 5.41) is 18.3. The molecule has 0 amide bonds. The van der Waals surface area contributed by atoms with Crippen molar-refractivity contribution in [3.8, 4) is 11.5 Å². The number of benzene rings is 2. The van der Waals surface area contributed by atoms with Crippen molar-refractivity contribution in [2.24, 2.45) is 0 Å². The summed E-state index contributed by atoms with van der Waals surface area (Å²) in [6, 6.07) is 14.9. The van der Waals surface area contributed by atoms with E-state index in [1.807, 2.05) is 36.4 Å². The third-order valence-corrected chi connectivity index (χ3v) is 4.10. The van der Waals surface area contributed by atoms with Crippen molar-refractivity contribution in [3.63, 3.8) is 0 Å². The van der Waals surface area contributed by atoms with Crippen molar-refractivity contribution < 1.29 is 10.2 Å². The van der Waals surface area contributed by atoms with Crippen LogP contribution >= 0.6 is 0 Å². The van der Waals surface area contributed by atoms with E-state index in [1.54, 1.807) is 12.1 Å². The summed E-state index contributed by atoms with van der Waals surface area (Å²) in [7, 11) is 0. The van der Waals surface area contributed by atoms with Gasteiger partial charge in [-0.15, -0.1) is 0 Å². The first kappa shape index (κ1) is 18.1. The molecule has 2 heteroatoms. The smallest absolute Gasteiger partial charge is 0.115 e. The molecular weight excluding hydrogens is 272 g/mol. The first-order chi connectivity index (χ1) is 10.5. The van der Waals surface area contributed by atoms with Crippen molar-refractivity contribution in [1.29, 1.82) is 0 Å². The Kier molecular flexibility index (Phi) is 7.51. The predicted molar refractivity (Wildman–Crippen MR) is 93.6 cm³/mol. The van der Waals surface area contributed by atoms with Crippen LogP contribution in [0.2, 0.25) is 0 Å². The number of hydrogen-bond donors (Lipinski definition) is 2. The molecule has 2 rings (SSSR count). The summed E-state index contributed by atoms with van der Waals surface area (Å²) < 4.78 is 0. The van der Waals surface area contributed by atoms with Crippen molar-refractivity contribution in [2.75, 3.05) is 0 Å². The molecule has 22 heavy (non-hydrogen) atoms. The Hall–Kier alpha value is -1.96. The Balaban J connectivity index is 0.000000220. The fraction of sp³-hybridized carbons (Fsp3) is 0.400. The average molecular weight is 300 g/mol. The first-order valence-electron chi connectivity index (χ1n) is 8.05. The van der Waals surface area contributed by atoms with Gasteiger partial charge in [0, 0.05) is 0 Å². The molecule has 0 radical (unpaired) electrons. The molecule has 2 atom stereocenters. The van der Waals surface area contributed by atoms with E-state index in [9.17, 15) is 0 Å². The highest BCUT2D eigenvalue weighted by Gasteiger charge is 2.02. The Labute approximate surface area is 134 Å². The lowest BCUT2D eigenvalue weighted by Gasteiger charge is -2.07. The van der Waals surface area contributed by atoms with Gasteiger partial charge in [-0.1, -0.05) is 52.0 Å². The molecule has 0 fully saturated rings. The third kappa shape index (κ3) is 5.80. The van der Waals surface area contributed by atoms with E-state index in [0.29, 0.717) is 23.3 Å². The summed E-state index contributed by atoms with van der Waals surface area (Å²) in [6.45, 7) is 8.62. The lowest BCUT2D eigenvalue weighted by Crippen LogP contribution is -1.89. The number of phenolic OH excluding ortho intramolecular Hbond substituents is 2. The minimum absolute atomic E-state index is 0.364. The van der Waals surface area contributed by atoms with Gasteiger partial charge in [0.1, 0.15) is 11.5 Å². The first-order valence-corrected chi connectivity index (χ1v) is 8.05. The highest BCUT2D eigenvalue weighted by atomic mass is 16.3. The Morgan fingerprint density at radius 2 is 1.09 bits per heavy atom. The van der Waals surface area contributed by atoms with Gasteiger partial charge in [0.25, 0.3) is 0 Å². The van der Waals surface area contributed by atoms with Crippen LogP contribution in [0, 0.1) is 0 Å². The molecule has 2 unspecified atom stereocenters. The zero-order valence-electron chi connectivity index (χ0n) is 14.1. The summed E-state index contributed by atoms with van der Waals surface area (Å²) in [5.74, 6) is 1.81. The molecule has 0 bridgehead atoms. The molecule has 120 valence electrons. The Morgan fingerprint density at radius 1 is 0.727 bits per heavy atom. The maximum atomic E-state index is 9.16. The number of rotatable bonds is 4. The molecule has 0 aliphatic carbocycles. The van der Waals surface area contributed by atoms with Gasteiger partial charge < -0.3 is 10.2 Å². The fourth-order valence-corrected chi connectivity index (χ4v) is 2.13. The SMILES string of the molecule is CCC(C)c1cccc(O)c1.CCC(C)c1cccc(O)c1. The van der Waals surface area contributed by atoms with Crippen LogP contribution < -0.4 is 0 Å². The third-order valence-electron chi connectivity index (χ3n) is 4.10. The standard InChI is InChI=1S/2C10H14O/c2*1-3-8(2)9-5-4-6-10(11)7-9/h2*4-8,11H,3H2,1-2H3. The minimum Gasteiger partial charge on any atom is -0.508 e. The van der Waals surface area contributed by atoms with E-state index in [4.69, 9.17) is 10.2 Å². The maximum Gasteiger partial charge on any atom is 0.115 e.